The molecule has 0 radical (unpaired) electrons. The zero-order valence-electron chi connectivity index (χ0n) is 11.4. The molecule has 0 amide bonds. The largest absolute Gasteiger partial charge is 0.331 e. The molecule has 4 nitrogen and oxygen atoms in total. The first kappa shape index (κ1) is 14.1. The average molecular weight is 284 g/mol. The van der Waals surface area contributed by atoms with Crippen molar-refractivity contribution in [2.75, 3.05) is 5.32 Å². The van der Waals surface area contributed by atoms with Gasteiger partial charge >= 0.3 is 0 Å². The van der Waals surface area contributed by atoms with E-state index in [9.17, 15) is 0 Å². The van der Waals surface area contributed by atoms with Crippen LogP contribution in [0.4, 0.5) is 5.69 Å². The fourth-order valence-corrected chi connectivity index (χ4v) is 1.79. The van der Waals surface area contributed by atoms with Crippen molar-refractivity contribution in [3.8, 4) is 0 Å². The highest BCUT2D eigenvalue weighted by molar-refractivity contribution is 7.80. The lowest BCUT2D eigenvalue weighted by Crippen LogP contribution is -2.25. The van der Waals surface area contributed by atoms with E-state index in [0.29, 0.717) is 5.11 Å². The predicted molar refractivity (Wildman–Crippen MR) is 87.0 cm³/mol. The number of para-hydroxylation sites is 1. The van der Waals surface area contributed by atoms with E-state index in [2.05, 4.69) is 20.8 Å². The maximum absolute atomic E-state index is 5.21. The third-order valence-corrected chi connectivity index (χ3v) is 2.95. The number of anilines is 1. The summed E-state index contributed by atoms with van der Waals surface area (Å²) in [5, 5.41) is 7.78. The summed E-state index contributed by atoms with van der Waals surface area (Å²) in [6.45, 7) is 3.90. The van der Waals surface area contributed by atoms with Crippen molar-refractivity contribution in [1.29, 1.82) is 0 Å². The third kappa shape index (κ3) is 3.86. The van der Waals surface area contributed by atoms with Crippen LogP contribution >= 0.6 is 12.2 Å². The molecule has 1 aromatic carbocycles. The van der Waals surface area contributed by atoms with Gasteiger partial charge in [-0.25, -0.2) is 0 Å². The first-order valence-electron chi connectivity index (χ1n) is 6.25. The number of aromatic nitrogens is 1. The highest BCUT2D eigenvalue weighted by Crippen LogP contribution is 2.12. The minimum absolute atomic E-state index is 0.453. The Morgan fingerprint density at radius 3 is 2.60 bits per heavy atom. The number of nitrogens with zero attached hydrogens (tertiary/aromatic N) is 2. The molecule has 1 heterocycles. The zero-order chi connectivity index (χ0) is 14.4. The second-order valence-corrected chi connectivity index (χ2v) is 4.70. The van der Waals surface area contributed by atoms with E-state index in [0.717, 1.165) is 22.7 Å². The van der Waals surface area contributed by atoms with Gasteiger partial charge in [-0.15, -0.1) is 0 Å². The van der Waals surface area contributed by atoms with Crippen LogP contribution in [-0.4, -0.2) is 15.8 Å². The number of hydrogen-bond donors (Lipinski definition) is 2. The first-order chi connectivity index (χ1) is 9.66. The van der Waals surface area contributed by atoms with Gasteiger partial charge in [0, 0.05) is 11.9 Å². The van der Waals surface area contributed by atoms with Crippen molar-refractivity contribution < 1.29 is 0 Å². The van der Waals surface area contributed by atoms with Crippen LogP contribution in [0.3, 0.4) is 0 Å². The van der Waals surface area contributed by atoms with Gasteiger partial charge in [0.15, 0.2) is 5.11 Å². The minimum atomic E-state index is 0.453. The molecular formula is C15H16N4S. The standard InChI is InChI=1S/C15H16N4S/c1-11-7-3-4-8-13(11)17-15(20)19-18-12(2)14-9-5-6-10-16-14/h3-10H,1-2H3,(H2,17,19,20)/b18-12+. The van der Waals surface area contributed by atoms with Gasteiger partial charge in [0.2, 0.25) is 0 Å². The zero-order valence-corrected chi connectivity index (χ0v) is 12.2. The minimum Gasteiger partial charge on any atom is -0.331 e. The van der Waals surface area contributed by atoms with Gasteiger partial charge < -0.3 is 5.32 Å². The summed E-state index contributed by atoms with van der Waals surface area (Å²) in [5.41, 5.74) is 6.52. The molecule has 0 bridgehead atoms. The number of pyridine rings is 1. The van der Waals surface area contributed by atoms with Crippen LogP contribution in [0.5, 0.6) is 0 Å². The molecule has 1 aromatic heterocycles. The summed E-state index contributed by atoms with van der Waals surface area (Å²) in [5.74, 6) is 0. The SMILES string of the molecule is C/C(=N\NC(=S)Nc1ccccc1C)c1ccccn1. The number of nitrogens with one attached hydrogen (secondary N) is 2. The third-order valence-electron chi connectivity index (χ3n) is 2.75. The quantitative estimate of drug-likeness (QED) is 0.516. The Hall–Kier alpha value is -2.27. The molecule has 5 heteroatoms. The fourth-order valence-electron chi connectivity index (χ4n) is 1.63. The van der Waals surface area contributed by atoms with Gasteiger partial charge in [0.1, 0.15) is 0 Å². The van der Waals surface area contributed by atoms with Crippen molar-refractivity contribution in [2.45, 2.75) is 13.8 Å². The molecular weight excluding hydrogens is 268 g/mol. The highest BCUT2D eigenvalue weighted by Gasteiger charge is 2.01. The van der Waals surface area contributed by atoms with Crippen LogP contribution in [0.2, 0.25) is 0 Å². The molecule has 0 aliphatic heterocycles. The number of hydrazone groups is 1. The number of thiocarbonyl (C=S) groups is 1. The Bertz CT molecular complexity index is 623. The molecule has 20 heavy (non-hydrogen) atoms. The van der Waals surface area contributed by atoms with Crippen molar-refractivity contribution in [1.82, 2.24) is 10.4 Å². The molecule has 0 aliphatic carbocycles. The van der Waals surface area contributed by atoms with Crippen molar-refractivity contribution >= 4 is 28.7 Å². The molecule has 2 rings (SSSR count). The van der Waals surface area contributed by atoms with Crippen LogP contribution in [0.15, 0.2) is 53.8 Å². The summed E-state index contributed by atoms with van der Waals surface area (Å²) in [7, 11) is 0. The summed E-state index contributed by atoms with van der Waals surface area (Å²) >= 11 is 5.21. The summed E-state index contributed by atoms with van der Waals surface area (Å²) in [6.07, 6.45) is 1.73. The summed E-state index contributed by atoms with van der Waals surface area (Å²) in [6, 6.07) is 13.6. The second-order valence-electron chi connectivity index (χ2n) is 4.29. The number of benzene rings is 1. The van der Waals surface area contributed by atoms with Crippen molar-refractivity contribution in [3.63, 3.8) is 0 Å². The van der Waals surface area contributed by atoms with Crippen LogP contribution in [0.25, 0.3) is 0 Å². The van der Waals surface area contributed by atoms with E-state index < -0.39 is 0 Å². The molecule has 0 aliphatic rings. The molecule has 2 aromatic rings. The molecule has 0 atom stereocenters. The summed E-state index contributed by atoms with van der Waals surface area (Å²) < 4.78 is 0. The molecule has 0 spiro atoms. The second kappa shape index (κ2) is 6.77. The lowest BCUT2D eigenvalue weighted by molar-refractivity contribution is 1.03. The van der Waals surface area contributed by atoms with Crippen molar-refractivity contribution in [3.05, 3.63) is 59.9 Å². The van der Waals surface area contributed by atoms with Gasteiger partial charge in [-0.1, -0.05) is 24.3 Å². The summed E-state index contributed by atoms with van der Waals surface area (Å²) in [4.78, 5) is 4.22. The Morgan fingerprint density at radius 1 is 1.15 bits per heavy atom. The maximum atomic E-state index is 5.21. The Balaban J connectivity index is 1.97. The lowest BCUT2D eigenvalue weighted by atomic mass is 10.2. The monoisotopic (exact) mass is 284 g/mol. The number of rotatable bonds is 3. The smallest absolute Gasteiger partial charge is 0.191 e. The van der Waals surface area contributed by atoms with Gasteiger partial charge in [-0.05, 0) is 49.8 Å². The molecule has 0 saturated heterocycles. The van der Waals surface area contributed by atoms with E-state index in [1.165, 1.54) is 0 Å². The maximum Gasteiger partial charge on any atom is 0.191 e. The molecule has 0 fully saturated rings. The average Bonchev–Trinajstić information content (AvgIpc) is 2.48. The topological polar surface area (TPSA) is 49.3 Å². The van der Waals surface area contributed by atoms with E-state index in [1.807, 2.05) is 56.3 Å². The van der Waals surface area contributed by atoms with Crippen LogP contribution in [0.1, 0.15) is 18.2 Å². The first-order valence-corrected chi connectivity index (χ1v) is 6.66. The van der Waals surface area contributed by atoms with Gasteiger partial charge in [0.05, 0.1) is 11.4 Å². The van der Waals surface area contributed by atoms with E-state index in [-0.39, 0.29) is 0 Å². The molecule has 0 unspecified atom stereocenters. The Labute approximate surface area is 123 Å². The number of aryl methyl sites for hydroxylation is 1. The van der Waals surface area contributed by atoms with Crippen LogP contribution in [-0.2, 0) is 0 Å². The van der Waals surface area contributed by atoms with Crippen molar-refractivity contribution in [2.24, 2.45) is 5.10 Å². The van der Waals surface area contributed by atoms with Gasteiger partial charge in [0.25, 0.3) is 0 Å². The van der Waals surface area contributed by atoms with E-state index in [4.69, 9.17) is 12.2 Å². The Kier molecular flexibility index (Phi) is 4.79. The van der Waals surface area contributed by atoms with Gasteiger partial charge in [-0.2, -0.15) is 5.10 Å². The number of hydrogen-bond acceptors (Lipinski definition) is 3. The fraction of sp³-hybridized carbons (Fsp3) is 0.133. The van der Waals surface area contributed by atoms with Crippen LogP contribution < -0.4 is 10.7 Å². The predicted octanol–water partition coefficient (Wildman–Crippen LogP) is 3.10. The molecule has 102 valence electrons. The molecule has 2 N–H and O–H groups in total. The molecule has 0 saturated carbocycles. The normalized spacial score (nSPS) is 11.0. The lowest BCUT2D eigenvalue weighted by Gasteiger charge is -2.10. The van der Waals surface area contributed by atoms with Crippen LogP contribution in [0, 0.1) is 6.92 Å². The van der Waals surface area contributed by atoms with Gasteiger partial charge in [-0.3, -0.25) is 10.4 Å². The van der Waals surface area contributed by atoms with E-state index >= 15 is 0 Å². The highest BCUT2D eigenvalue weighted by atomic mass is 32.1. The Morgan fingerprint density at radius 2 is 1.90 bits per heavy atom. The van der Waals surface area contributed by atoms with E-state index in [1.54, 1.807) is 6.20 Å².